The number of amides is 1. The van der Waals surface area contributed by atoms with Gasteiger partial charge in [0.2, 0.25) is 11.7 Å². The Kier molecular flexibility index (Phi) is 5.10. The van der Waals surface area contributed by atoms with E-state index in [1.165, 1.54) is 7.11 Å². The monoisotopic (exact) mass is 319 g/mol. The third kappa shape index (κ3) is 3.74. The van der Waals surface area contributed by atoms with Gasteiger partial charge in [-0.2, -0.15) is 5.10 Å². The van der Waals surface area contributed by atoms with Gasteiger partial charge in [-0.3, -0.25) is 9.48 Å². The second-order valence-corrected chi connectivity index (χ2v) is 5.05. The largest absolute Gasteiger partial charge is 0.493 e. The smallest absolute Gasteiger partial charge is 0.229 e. The second kappa shape index (κ2) is 7.04. The molecule has 1 aromatic carbocycles. The van der Waals surface area contributed by atoms with Crippen LogP contribution in [0.4, 0.5) is 5.82 Å². The van der Waals surface area contributed by atoms with E-state index in [-0.39, 0.29) is 12.3 Å². The van der Waals surface area contributed by atoms with Crippen LogP contribution in [-0.4, -0.2) is 37.0 Å². The summed E-state index contributed by atoms with van der Waals surface area (Å²) in [6, 6.07) is 5.33. The van der Waals surface area contributed by atoms with Crippen molar-refractivity contribution in [1.29, 1.82) is 0 Å². The molecule has 2 rings (SSSR count). The zero-order chi connectivity index (χ0) is 17.0. The number of aromatic nitrogens is 2. The molecule has 0 unspecified atom stereocenters. The van der Waals surface area contributed by atoms with E-state index in [2.05, 4.69) is 10.4 Å². The number of carbonyl (C=O) groups excluding carboxylic acids is 1. The topological polar surface area (TPSA) is 74.6 Å². The molecule has 0 aliphatic rings. The van der Waals surface area contributed by atoms with Crippen LogP contribution in [0, 0.1) is 6.92 Å². The summed E-state index contributed by atoms with van der Waals surface area (Å²) in [6.45, 7) is 1.87. The number of anilines is 1. The summed E-state index contributed by atoms with van der Waals surface area (Å²) in [7, 11) is 6.40. The first kappa shape index (κ1) is 16.7. The van der Waals surface area contributed by atoms with E-state index in [4.69, 9.17) is 14.2 Å². The van der Waals surface area contributed by atoms with Gasteiger partial charge < -0.3 is 19.5 Å². The van der Waals surface area contributed by atoms with Crippen molar-refractivity contribution in [2.45, 2.75) is 13.3 Å². The average Bonchev–Trinajstić information content (AvgIpc) is 2.83. The van der Waals surface area contributed by atoms with E-state index in [0.717, 1.165) is 11.3 Å². The summed E-state index contributed by atoms with van der Waals surface area (Å²) in [5.41, 5.74) is 1.60. The lowest BCUT2D eigenvalue weighted by atomic mass is 10.1. The molecule has 1 amide bonds. The van der Waals surface area contributed by atoms with Gasteiger partial charge >= 0.3 is 0 Å². The molecule has 0 aliphatic carbocycles. The molecule has 0 radical (unpaired) electrons. The lowest BCUT2D eigenvalue weighted by Gasteiger charge is -2.14. The van der Waals surface area contributed by atoms with Gasteiger partial charge in [0.05, 0.1) is 33.4 Å². The van der Waals surface area contributed by atoms with Crippen molar-refractivity contribution < 1.29 is 19.0 Å². The minimum absolute atomic E-state index is 0.151. The molecule has 0 saturated heterocycles. The molecule has 0 aliphatic heterocycles. The highest BCUT2D eigenvalue weighted by Gasteiger charge is 2.15. The first-order valence-corrected chi connectivity index (χ1v) is 7.07. The summed E-state index contributed by atoms with van der Waals surface area (Å²) >= 11 is 0. The quantitative estimate of drug-likeness (QED) is 0.880. The molecule has 23 heavy (non-hydrogen) atoms. The fraction of sp³-hybridized carbons (Fsp3) is 0.375. The van der Waals surface area contributed by atoms with Crippen LogP contribution in [-0.2, 0) is 18.3 Å². The predicted octanol–water partition coefficient (Wildman–Crippen LogP) is 1.94. The van der Waals surface area contributed by atoms with Crippen molar-refractivity contribution in [2.75, 3.05) is 26.6 Å². The zero-order valence-corrected chi connectivity index (χ0v) is 14.0. The molecule has 0 atom stereocenters. The lowest BCUT2D eigenvalue weighted by Crippen LogP contribution is -2.16. The van der Waals surface area contributed by atoms with E-state index in [9.17, 15) is 4.79 Å². The third-order valence-electron chi connectivity index (χ3n) is 3.36. The van der Waals surface area contributed by atoms with Crippen molar-refractivity contribution in [3.05, 3.63) is 29.5 Å². The number of hydrogen-bond acceptors (Lipinski definition) is 5. The van der Waals surface area contributed by atoms with E-state index in [0.29, 0.717) is 23.1 Å². The highest BCUT2D eigenvalue weighted by atomic mass is 16.5. The molecule has 124 valence electrons. The highest BCUT2D eigenvalue weighted by molar-refractivity contribution is 5.91. The van der Waals surface area contributed by atoms with Crippen LogP contribution in [0.2, 0.25) is 0 Å². The summed E-state index contributed by atoms with van der Waals surface area (Å²) in [5, 5.41) is 7.03. The number of nitrogens with zero attached hydrogens (tertiary/aromatic N) is 2. The molecule has 1 heterocycles. The van der Waals surface area contributed by atoms with Gasteiger partial charge in [0.25, 0.3) is 0 Å². The van der Waals surface area contributed by atoms with Crippen molar-refractivity contribution in [3.8, 4) is 17.2 Å². The molecule has 7 heteroatoms. The summed E-state index contributed by atoms with van der Waals surface area (Å²) in [6.07, 6.45) is 0.181. The minimum atomic E-state index is -0.151. The summed E-state index contributed by atoms with van der Waals surface area (Å²) in [4.78, 5) is 12.2. The molecule has 0 spiro atoms. The maximum Gasteiger partial charge on any atom is 0.229 e. The van der Waals surface area contributed by atoms with Gasteiger partial charge in [-0.05, 0) is 24.6 Å². The van der Waals surface area contributed by atoms with Crippen molar-refractivity contribution >= 4 is 11.7 Å². The van der Waals surface area contributed by atoms with Crippen LogP contribution in [0.3, 0.4) is 0 Å². The van der Waals surface area contributed by atoms with Gasteiger partial charge in [-0.25, -0.2) is 0 Å². The van der Waals surface area contributed by atoms with Crippen molar-refractivity contribution in [1.82, 2.24) is 9.78 Å². The van der Waals surface area contributed by atoms with Crippen LogP contribution in [0.1, 0.15) is 11.3 Å². The van der Waals surface area contributed by atoms with Crippen LogP contribution in [0.5, 0.6) is 17.2 Å². The zero-order valence-electron chi connectivity index (χ0n) is 14.0. The third-order valence-corrected chi connectivity index (χ3v) is 3.36. The maximum atomic E-state index is 12.2. The number of carbonyl (C=O) groups is 1. The van der Waals surface area contributed by atoms with Gasteiger partial charge in [0, 0.05) is 13.1 Å². The van der Waals surface area contributed by atoms with E-state index in [1.807, 2.05) is 13.0 Å². The van der Waals surface area contributed by atoms with Gasteiger partial charge in [0.15, 0.2) is 11.5 Å². The second-order valence-electron chi connectivity index (χ2n) is 5.05. The number of rotatable bonds is 6. The Balaban J connectivity index is 2.19. The Labute approximate surface area is 135 Å². The fourth-order valence-corrected chi connectivity index (χ4v) is 2.34. The van der Waals surface area contributed by atoms with Crippen LogP contribution in [0.15, 0.2) is 18.2 Å². The molecule has 1 aromatic heterocycles. The molecule has 7 nitrogen and oxygen atoms in total. The number of aryl methyl sites for hydroxylation is 2. The fourth-order valence-electron chi connectivity index (χ4n) is 2.34. The molecular formula is C16H21N3O4. The Hall–Kier alpha value is -2.70. The van der Waals surface area contributed by atoms with Crippen LogP contribution in [0.25, 0.3) is 0 Å². The highest BCUT2D eigenvalue weighted by Crippen LogP contribution is 2.38. The van der Waals surface area contributed by atoms with Crippen LogP contribution < -0.4 is 19.5 Å². The molecule has 0 bridgehead atoms. The Morgan fingerprint density at radius 2 is 1.74 bits per heavy atom. The Morgan fingerprint density at radius 3 is 2.17 bits per heavy atom. The predicted molar refractivity (Wildman–Crippen MR) is 86.4 cm³/mol. The first-order valence-electron chi connectivity index (χ1n) is 7.07. The molecule has 0 saturated carbocycles. The lowest BCUT2D eigenvalue weighted by molar-refractivity contribution is -0.115. The average molecular weight is 319 g/mol. The number of hydrogen-bond donors (Lipinski definition) is 1. The Bertz CT molecular complexity index is 684. The van der Waals surface area contributed by atoms with Gasteiger partial charge in [-0.15, -0.1) is 0 Å². The van der Waals surface area contributed by atoms with E-state index in [1.54, 1.807) is 38.1 Å². The van der Waals surface area contributed by atoms with Crippen molar-refractivity contribution in [3.63, 3.8) is 0 Å². The molecule has 2 aromatic rings. The standard InChI is InChI=1S/C16H21N3O4/c1-10-6-14(19(2)18-10)17-15(20)9-11-7-12(21-3)16(23-5)13(8-11)22-4/h6-8H,9H2,1-5H3,(H,17,20). The molecule has 0 fully saturated rings. The van der Waals surface area contributed by atoms with Crippen LogP contribution >= 0.6 is 0 Å². The number of nitrogens with one attached hydrogen (secondary N) is 1. The number of methoxy groups -OCH3 is 3. The first-order chi connectivity index (χ1) is 11.0. The van der Waals surface area contributed by atoms with E-state index < -0.39 is 0 Å². The van der Waals surface area contributed by atoms with E-state index >= 15 is 0 Å². The van der Waals surface area contributed by atoms with Gasteiger partial charge in [-0.1, -0.05) is 0 Å². The summed E-state index contributed by atoms with van der Waals surface area (Å²) in [5.74, 6) is 2.04. The number of benzene rings is 1. The number of ether oxygens (including phenoxy) is 3. The normalized spacial score (nSPS) is 10.3. The maximum absolute atomic E-state index is 12.2. The van der Waals surface area contributed by atoms with Crippen molar-refractivity contribution in [2.24, 2.45) is 7.05 Å². The SMILES string of the molecule is COc1cc(CC(=O)Nc2cc(C)nn2C)cc(OC)c1OC. The minimum Gasteiger partial charge on any atom is -0.493 e. The Morgan fingerprint density at radius 1 is 1.13 bits per heavy atom. The van der Waals surface area contributed by atoms with Gasteiger partial charge in [0.1, 0.15) is 5.82 Å². The summed E-state index contributed by atoms with van der Waals surface area (Å²) < 4.78 is 17.5. The molecular weight excluding hydrogens is 298 g/mol. The molecule has 1 N–H and O–H groups in total.